The summed E-state index contributed by atoms with van der Waals surface area (Å²) >= 11 is 0. The third-order valence-electron chi connectivity index (χ3n) is 0.844. The number of nitrogens with two attached hydrogens (primary N) is 1. The number of aromatic nitrogens is 2. The van der Waals surface area contributed by atoms with E-state index in [0.29, 0.717) is 12.4 Å². The Kier molecular flexibility index (Phi) is 1.48. The van der Waals surface area contributed by atoms with Crippen LogP contribution in [-0.4, -0.2) is 5.27 Å². The Labute approximate surface area is 52.5 Å². The Balaban J connectivity index is 2.72. The van der Waals surface area contributed by atoms with Crippen molar-refractivity contribution in [1.82, 2.24) is 5.27 Å². The molecular weight excluding hydrogens is 118 g/mol. The van der Waals surface area contributed by atoms with Crippen molar-refractivity contribution < 1.29 is 9.20 Å². The molecule has 1 rings (SSSR count). The first-order chi connectivity index (χ1) is 4.33. The molecule has 0 amide bonds. The monoisotopic (exact) mass is 126 g/mol. The lowest BCUT2D eigenvalue weighted by Gasteiger charge is -1.71. The fourth-order valence-electron chi connectivity index (χ4n) is 0.512. The molecule has 0 fully saturated rings. The van der Waals surface area contributed by atoms with Crippen LogP contribution in [-0.2, 0) is 6.54 Å². The second kappa shape index (κ2) is 2.30. The SMILES string of the molecule is C=CC[n+]1cc(N)on1. The highest BCUT2D eigenvalue weighted by Gasteiger charge is 2.03. The lowest BCUT2D eigenvalue weighted by atomic mass is 10.6. The van der Waals surface area contributed by atoms with E-state index in [0.717, 1.165) is 0 Å². The molecular formula is C5H8N3O+. The number of anilines is 1. The molecule has 1 aromatic heterocycles. The summed E-state index contributed by atoms with van der Waals surface area (Å²) in [5, 5.41) is 3.55. The van der Waals surface area contributed by atoms with E-state index in [1.54, 1.807) is 17.0 Å². The lowest BCUT2D eigenvalue weighted by Crippen LogP contribution is -2.33. The normalized spacial score (nSPS) is 9.33. The summed E-state index contributed by atoms with van der Waals surface area (Å²) in [6.45, 7) is 4.15. The van der Waals surface area contributed by atoms with Crippen LogP contribution in [0.25, 0.3) is 0 Å². The number of nitrogen functional groups attached to an aromatic ring is 1. The van der Waals surface area contributed by atoms with Crippen molar-refractivity contribution in [2.24, 2.45) is 0 Å². The summed E-state index contributed by atoms with van der Waals surface area (Å²) in [7, 11) is 0. The average Bonchev–Trinajstić information content (AvgIpc) is 2.17. The first-order valence-corrected chi connectivity index (χ1v) is 2.55. The maximum absolute atomic E-state index is 5.22. The summed E-state index contributed by atoms with van der Waals surface area (Å²) in [5.74, 6) is 0.317. The van der Waals surface area contributed by atoms with Gasteiger partial charge in [0.2, 0.25) is 5.27 Å². The predicted molar refractivity (Wildman–Crippen MR) is 31.3 cm³/mol. The van der Waals surface area contributed by atoms with Crippen LogP contribution in [0.5, 0.6) is 0 Å². The summed E-state index contributed by atoms with van der Waals surface area (Å²) in [5.41, 5.74) is 5.22. The molecule has 2 N–H and O–H groups in total. The van der Waals surface area contributed by atoms with Crippen molar-refractivity contribution in [3.63, 3.8) is 0 Å². The van der Waals surface area contributed by atoms with Gasteiger partial charge >= 0.3 is 0 Å². The number of hydrogen-bond acceptors (Lipinski definition) is 3. The molecule has 48 valence electrons. The molecule has 0 radical (unpaired) electrons. The van der Waals surface area contributed by atoms with Gasteiger partial charge in [-0.1, -0.05) is 6.58 Å². The summed E-state index contributed by atoms with van der Waals surface area (Å²) in [6, 6.07) is 0. The molecule has 0 atom stereocenters. The zero-order valence-electron chi connectivity index (χ0n) is 4.95. The minimum Gasteiger partial charge on any atom is -0.362 e. The fourth-order valence-corrected chi connectivity index (χ4v) is 0.512. The Morgan fingerprint density at radius 3 is 3.22 bits per heavy atom. The lowest BCUT2D eigenvalue weighted by molar-refractivity contribution is -0.753. The van der Waals surface area contributed by atoms with Crippen LogP contribution in [0.2, 0.25) is 0 Å². The number of allylic oxidation sites excluding steroid dienone is 1. The predicted octanol–water partition coefficient (Wildman–Crippen LogP) is -0.270. The second-order valence-corrected chi connectivity index (χ2v) is 1.62. The smallest absolute Gasteiger partial charge is 0.293 e. The minimum absolute atomic E-state index is 0.317. The van der Waals surface area contributed by atoms with Gasteiger partial charge in [0.05, 0.1) is 0 Å². The van der Waals surface area contributed by atoms with Gasteiger partial charge in [-0.25, -0.2) is 0 Å². The number of hydrogen-bond donors (Lipinski definition) is 1. The summed E-state index contributed by atoms with van der Waals surface area (Å²) in [6.07, 6.45) is 3.31. The molecule has 0 aliphatic rings. The first-order valence-electron chi connectivity index (χ1n) is 2.55. The standard InChI is InChI=1S/C5H8N3O/c1-2-3-8-4-5(6)9-7-8/h2,4H,1,3,6H2/q+1. The third-order valence-corrected chi connectivity index (χ3v) is 0.844. The van der Waals surface area contributed by atoms with E-state index in [9.17, 15) is 0 Å². The van der Waals surface area contributed by atoms with Crippen molar-refractivity contribution in [3.05, 3.63) is 18.9 Å². The molecule has 0 saturated heterocycles. The zero-order valence-corrected chi connectivity index (χ0v) is 4.95. The van der Waals surface area contributed by atoms with Gasteiger partial charge in [0.1, 0.15) is 0 Å². The fraction of sp³-hybridized carbons (Fsp3) is 0.200. The number of rotatable bonds is 2. The highest BCUT2D eigenvalue weighted by Crippen LogP contribution is 1.88. The van der Waals surface area contributed by atoms with E-state index in [1.807, 2.05) is 0 Å². The summed E-state index contributed by atoms with van der Waals surface area (Å²) in [4.78, 5) is 0. The van der Waals surface area contributed by atoms with E-state index in [-0.39, 0.29) is 0 Å². The second-order valence-electron chi connectivity index (χ2n) is 1.62. The van der Waals surface area contributed by atoms with Gasteiger partial charge in [-0.2, -0.15) is 0 Å². The molecule has 0 saturated carbocycles. The largest absolute Gasteiger partial charge is 0.362 e. The zero-order chi connectivity index (χ0) is 6.69. The Morgan fingerprint density at radius 1 is 2.00 bits per heavy atom. The average molecular weight is 126 g/mol. The van der Waals surface area contributed by atoms with Crippen LogP contribution in [0.3, 0.4) is 0 Å². The van der Waals surface area contributed by atoms with E-state index >= 15 is 0 Å². The molecule has 0 aliphatic heterocycles. The molecule has 9 heavy (non-hydrogen) atoms. The van der Waals surface area contributed by atoms with Gasteiger partial charge < -0.3 is 5.73 Å². The van der Waals surface area contributed by atoms with Crippen LogP contribution in [0.4, 0.5) is 5.88 Å². The Hall–Kier alpha value is -1.32. The highest BCUT2D eigenvalue weighted by atomic mass is 16.5. The quantitative estimate of drug-likeness (QED) is 0.438. The molecule has 0 aromatic carbocycles. The van der Waals surface area contributed by atoms with Crippen molar-refractivity contribution >= 4 is 5.88 Å². The maximum Gasteiger partial charge on any atom is 0.293 e. The van der Waals surface area contributed by atoms with Crippen LogP contribution < -0.4 is 10.4 Å². The Morgan fingerprint density at radius 2 is 2.78 bits per heavy atom. The van der Waals surface area contributed by atoms with Gasteiger partial charge in [0, 0.05) is 0 Å². The van der Waals surface area contributed by atoms with Crippen LogP contribution in [0, 0.1) is 0 Å². The minimum atomic E-state index is 0.317. The molecule has 4 heteroatoms. The third kappa shape index (κ3) is 1.28. The van der Waals surface area contributed by atoms with E-state index < -0.39 is 0 Å². The van der Waals surface area contributed by atoms with Gasteiger partial charge in [-0.05, 0) is 10.8 Å². The topological polar surface area (TPSA) is 55.9 Å². The van der Waals surface area contributed by atoms with Crippen molar-refractivity contribution in [3.8, 4) is 0 Å². The van der Waals surface area contributed by atoms with Crippen LogP contribution >= 0.6 is 0 Å². The highest BCUT2D eigenvalue weighted by molar-refractivity contribution is 5.11. The van der Waals surface area contributed by atoms with Gasteiger partial charge in [0.25, 0.3) is 12.1 Å². The van der Waals surface area contributed by atoms with Gasteiger partial charge in [-0.15, -0.1) is 0 Å². The molecule has 1 aromatic rings. The number of nitrogens with zero attached hydrogens (tertiary/aromatic N) is 2. The van der Waals surface area contributed by atoms with Crippen molar-refractivity contribution in [2.75, 3.05) is 5.73 Å². The van der Waals surface area contributed by atoms with E-state index in [2.05, 4.69) is 16.4 Å². The molecule has 0 aliphatic carbocycles. The molecule has 0 unspecified atom stereocenters. The van der Waals surface area contributed by atoms with E-state index in [1.165, 1.54) is 0 Å². The van der Waals surface area contributed by atoms with Crippen LogP contribution in [0.15, 0.2) is 23.4 Å². The van der Waals surface area contributed by atoms with Gasteiger partial charge in [-0.3, -0.25) is 4.52 Å². The van der Waals surface area contributed by atoms with E-state index in [4.69, 9.17) is 5.73 Å². The summed E-state index contributed by atoms with van der Waals surface area (Å²) < 4.78 is 6.12. The Bertz CT molecular complexity index is 206. The van der Waals surface area contributed by atoms with Gasteiger partial charge in [0.15, 0.2) is 6.54 Å². The molecule has 1 heterocycles. The molecule has 0 bridgehead atoms. The first kappa shape index (κ1) is 5.81. The molecule has 4 nitrogen and oxygen atoms in total. The van der Waals surface area contributed by atoms with Crippen LogP contribution in [0.1, 0.15) is 0 Å². The van der Waals surface area contributed by atoms with Crippen molar-refractivity contribution in [1.29, 1.82) is 0 Å². The maximum atomic E-state index is 5.22. The molecule has 0 spiro atoms. The van der Waals surface area contributed by atoms with Crippen molar-refractivity contribution in [2.45, 2.75) is 6.54 Å².